The van der Waals surface area contributed by atoms with Crippen LogP contribution in [0.4, 0.5) is 5.69 Å². The van der Waals surface area contributed by atoms with Gasteiger partial charge in [0.25, 0.3) is 5.69 Å². The molecule has 0 fully saturated rings. The van der Waals surface area contributed by atoms with E-state index in [9.17, 15) is 14.9 Å². The van der Waals surface area contributed by atoms with Gasteiger partial charge in [-0.25, -0.2) is 4.99 Å². The summed E-state index contributed by atoms with van der Waals surface area (Å²) >= 11 is 0. The van der Waals surface area contributed by atoms with Gasteiger partial charge < -0.3 is 0 Å². The van der Waals surface area contributed by atoms with E-state index >= 15 is 0 Å². The molecular formula is C10H8N2O3. The van der Waals surface area contributed by atoms with E-state index in [1.165, 1.54) is 18.2 Å². The van der Waals surface area contributed by atoms with E-state index in [0.29, 0.717) is 10.6 Å². The fourth-order valence-corrected chi connectivity index (χ4v) is 1.57. The average Bonchev–Trinajstić information content (AvgIpc) is 2.16. The lowest BCUT2D eigenvalue weighted by Gasteiger charge is -2.03. The molecule has 0 unspecified atom stereocenters. The zero-order valence-electron chi connectivity index (χ0n) is 8.06. The first-order chi connectivity index (χ1) is 7.08. The highest BCUT2D eigenvalue weighted by atomic mass is 16.6. The Kier molecular flexibility index (Phi) is 2.07. The van der Waals surface area contributed by atoms with Crippen LogP contribution in [0.2, 0.25) is 0 Å². The van der Waals surface area contributed by atoms with E-state index in [1.807, 2.05) is 0 Å². The van der Waals surface area contributed by atoms with E-state index in [0.717, 1.165) is 5.57 Å². The zero-order valence-corrected chi connectivity index (χ0v) is 8.06. The van der Waals surface area contributed by atoms with E-state index in [2.05, 4.69) is 4.99 Å². The second-order valence-electron chi connectivity index (χ2n) is 3.42. The van der Waals surface area contributed by atoms with Crippen LogP contribution < -0.4 is 10.6 Å². The second-order valence-corrected chi connectivity index (χ2v) is 3.42. The van der Waals surface area contributed by atoms with Gasteiger partial charge in [0.1, 0.15) is 0 Å². The predicted molar refractivity (Wildman–Crippen MR) is 52.6 cm³/mol. The fraction of sp³-hybridized carbons (Fsp3) is 0.200. The minimum atomic E-state index is -0.454. The van der Waals surface area contributed by atoms with Gasteiger partial charge in [-0.3, -0.25) is 14.9 Å². The highest BCUT2D eigenvalue weighted by Gasteiger charge is 2.11. The summed E-state index contributed by atoms with van der Waals surface area (Å²) in [6.45, 7) is 1.79. The highest BCUT2D eigenvalue weighted by Crippen LogP contribution is 2.07. The molecule has 15 heavy (non-hydrogen) atoms. The Morgan fingerprint density at radius 1 is 1.47 bits per heavy atom. The number of carbonyl (C=O) groups excluding carboxylic acids is 1. The molecule has 0 bridgehead atoms. The molecule has 1 aromatic carbocycles. The lowest BCUT2D eigenvalue weighted by molar-refractivity contribution is -0.385. The average molecular weight is 204 g/mol. The smallest absolute Gasteiger partial charge is 0.270 e. The molecule has 1 aliphatic rings. The first-order valence-corrected chi connectivity index (χ1v) is 4.44. The zero-order chi connectivity index (χ0) is 11.0. The van der Waals surface area contributed by atoms with Crippen molar-refractivity contribution >= 4 is 17.2 Å². The summed E-state index contributed by atoms with van der Waals surface area (Å²) in [6.07, 6.45) is 0.244. The topological polar surface area (TPSA) is 72.6 Å². The number of benzene rings is 1. The summed E-state index contributed by atoms with van der Waals surface area (Å²) in [4.78, 5) is 25.1. The van der Waals surface area contributed by atoms with Crippen molar-refractivity contribution < 1.29 is 9.72 Å². The molecule has 0 aliphatic carbocycles. The number of nitrogens with zero attached hydrogens (tertiary/aromatic N) is 2. The number of hydrogen-bond donors (Lipinski definition) is 0. The number of carbonyl (C=O) groups is 1. The van der Waals surface area contributed by atoms with Crippen LogP contribution in [0.1, 0.15) is 13.3 Å². The van der Waals surface area contributed by atoms with Gasteiger partial charge in [-0.05, 0) is 13.0 Å². The van der Waals surface area contributed by atoms with Gasteiger partial charge >= 0.3 is 0 Å². The van der Waals surface area contributed by atoms with E-state index in [4.69, 9.17) is 0 Å². The number of amides is 1. The third-order valence-corrected chi connectivity index (χ3v) is 2.31. The summed E-state index contributed by atoms with van der Waals surface area (Å²) in [7, 11) is 0. The molecule has 1 aliphatic heterocycles. The summed E-state index contributed by atoms with van der Waals surface area (Å²) in [5, 5.41) is 11.8. The number of rotatable bonds is 1. The minimum absolute atomic E-state index is 0.0256. The summed E-state index contributed by atoms with van der Waals surface area (Å²) in [6, 6.07) is 4.32. The van der Waals surface area contributed by atoms with Crippen LogP contribution in [0.25, 0.3) is 5.57 Å². The fourth-order valence-electron chi connectivity index (χ4n) is 1.57. The quantitative estimate of drug-likeness (QED) is 0.488. The van der Waals surface area contributed by atoms with Crippen molar-refractivity contribution in [3.63, 3.8) is 0 Å². The molecule has 0 radical (unpaired) electrons. The maximum atomic E-state index is 11.1. The highest BCUT2D eigenvalue weighted by molar-refractivity contribution is 5.86. The number of nitro benzene ring substituents is 1. The van der Waals surface area contributed by atoms with Crippen LogP contribution in [0, 0.1) is 10.1 Å². The van der Waals surface area contributed by atoms with Crippen LogP contribution in [-0.2, 0) is 4.79 Å². The molecule has 76 valence electrons. The van der Waals surface area contributed by atoms with Crippen molar-refractivity contribution in [2.75, 3.05) is 0 Å². The van der Waals surface area contributed by atoms with Crippen molar-refractivity contribution in [1.29, 1.82) is 0 Å². The number of non-ortho nitro benzene ring substituents is 1. The molecule has 1 aromatic rings. The molecule has 0 saturated carbocycles. The summed E-state index contributed by atoms with van der Waals surface area (Å²) in [5.41, 5.74) is 0.853. The number of fused-ring (bicyclic) bond motifs is 1. The Morgan fingerprint density at radius 2 is 2.20 bits per heavy atom. The van der Waals surface area contributed by atoms with Crippen LogP contribution >= 0.6 is 0 Å². The Labute approximate surface area is 84.9 Å². The van der Waals surface area contributed by atoms with Crippen molar-refractivity contribution in [2.45, 2.75) is 13.3 Å². The molecule has 1 amide bonds. The Balaban J connectivity index is 2.78. The SMILES string of the molecule is CC1=c2cc([N+](=O)[O-])ccc2=NC(=O)C1. The summed E-state index contributed by atoms with van der Waals surface area (Å²) < 4.78 is 0. The van der Waals surface area contributed by atoms with Gasteiger partial charge in [-0.15, -0.1) is 0 Å². The molecular weight excluding hydrogens is 196 g/mol. The molecule has 0 atom stereocenters. The Morgan fingerprint density at radius 3 is 2.87 bits per heavy atom. The maximum absolute atomic E-state index is 11.1. The van der Waals surface area contributed by atoms with Gasteiger partial charge in [0.15, 0.2) is 0 Å². The Hall–Kier alpha value is -2.04. The van der Waals surface area contributed by atoms with Crippen molar-refractivity contribution in [3.8, 4) is 0 Å². The predicted octanol–water partition coefficient (Wildman–Crippen LogP) is 0.315. The molecule has 0 aromatic heterocycles. The third-order valence-electron chi connectivity index (χ3n) is 2.31. The first kappa shape index (κ1) is 9.51. The monoisotopic (exact) mass is 204 g/mol. The molecule has 1 heterocycles. The van der Waals surface area contributed by atoms with Crippen LogP contribution in [0.5, 0.6) is 0 Å². The number of hydrogen-bond acceptors (Lipinski definition) is 3. The van der Waals surface area contributed by atoms with Crippen LogP contribution in [0.3, 0.4) is 0 Å². The Bertz CT molecular complexity index is 575. The molecule has 0 saturated heterocycles. The van der Waals surface area contributed by atoms with Gasteiger partial charge in [-0.1, -0.05) is 5.57 Å². The second kappa shape index (κ2) is 3.27. The molecule has 0 N–H and O–H groups in total. The van der Waals surface area contributed by atoms with Gasteiger partial charge in [0.05, 0.1) is 16.7 Å². The molecule has 5 nitrogen and oxygen atoms in total. The van der Waals surface area contributed by atoms with Gasteiger partial charge in [0, 0.05) is 17.4 Å². The minimum Gasteiger partial charge on any atom is -0.272 e. The van der Waals surface area contributed by atoms with E-state index < -0.39 is 4.92 Å². The standard InChI is InChI=1S/C10H8N2O3/c1-6-4-10(13)11-9-3-2-7(12(14)15)5-8(6)9/h2-3,5H,4H2,1H3. The first-order valence-electron chi connectivity index (χ1n) is 4.44. The lowest BCUT2D eigenvalue weighted by atomic mass is 10.1. The van der Waals surface area contributed by atoms with E-state index in [1.54, 1.807) is 6.92 Å². The van der Waals surface area contributed by atoms with Crippen molar-refractivity contribution in [2.24, 2.45) is 4.99 Å². The van der Waals surface area contributed by atoms with Crippen LogP contribution in [0.15, 0.2) is 23.2 Å². The van der Waals surface area contributed by atoms with Gasteiger partial charge in [-0.2, -0.15) is 0 Å². The van der Waals surface area contributed by atoms with E-state index in [-0.39, 0.29) is 18.0 Å². The van der Waals surface area contributed by atoms with Crippen molar-refractivity contribution in [1.82, 2.24) is 0 Å². The van der Waals surface area contributed by atoms with Gasteiger partial charge in [0.2, 0.25) is 5.91 Å². The largest absolute Gasteiger partial charge is 0.272 e. The van der Waals surface area contributed by atoms with Crippen molar-refractivity contribution in [3.05, 3.63) is 38.9 Å². The third kappa shape index (κ3) is 1.63. The maximum Gasteiger partial charge on any atom is 0.270 e. The summed E-state index contributed by atoms with van der Waals surface area (Å²) in [5.74, 6) is -0.200. The molecule has 5 heteroatoms. The normalized spacial score (nSPS) is 14.5. The molecule has 2 rings (SSSR count). The molecule has 0 spiro atoms. The van der Waals surface area contributed by atoms with Crippen LogP contribution in [-0.4, -0.2) is 10.8 Å². The lowest BCUT2D eigenvalue weighted by Crippen LogP contribution is -2.32. The number of nitro groups is 1.